The van der Waals surface area contributed by atoms with E-state index in [0.717, 1.165) is 25.9 Å². The van der Waals surface area contributed by atoms with Crippen LogP contribution in [-0.2, 0) is 9.53 Å². The van der Waals surface area contributed by atoms with Gasteiger partial charge in [0.25, 0.3) is 0 Å². The van der Waals surface area contributed by atoms with E-state index < -0.39 is 0 Å². The zero-order valence-corrected chi connectivity index (χ0v) is 11.5. The number of carbonyl (C=O) groups is 1. The van der Waals surface area contributed by atoms with Crippen LogP contribution in [0.1, 0.15) is 47.0 Å². The van der Waals surface area contributed by atoms with Gasteiger partial charge in [-0.05, 0) is 40.0 Å². The first-order valence-electron chi connectivity index (χ1n) is 6.59. The molecule has 4 heteroatoms. The molecule has 0 aliphatic carbocycles. The fraction of sp³-hybridized carbons (Fsp3) is 0.923. The number of amides is 1. The summed E-state index contributed by atoms with van der Waals surface area (Å²) in [7, 11) is 0. The first-order chi connectivity index (χ1) is 7.93. The highest BCUT2D eigenvalue weighted by Crippen LogP contribution is 2.12. The number of hydrogen-bond acceptors (Lipinski definition) is 3. The average molecular weight is 242 g/mol. The van der Waals surface area contributed by atoms with Crippen LogP contribution < -0.4 is 10.6 Å². The topological polar surface area (TPSA) is 50.4 Å². The van der Waals surface area contributed by atoms with Gasteiger partial charge in [0.1, 0.15) is 0 Å². The van der Waals surface area contributed by atoms with E-state index in [0.29, 0.717) is 18.7 Å². The molecule has 1 rings (SSSR count). The molecule has 17 heavy (non-hydrogen) atoms. The molecular weight excluding hydrogens is 216 g/mol. The van der Waals surface area contributed by atoms with Crippen LogP contribution in [0, 0.1) is 0 Å². The van der Waals surface area contributed by atoms with E-state index >= 15 is 0 Å². The lowest BCUT2D eigenvalue weighted by molar-refractivity contribution is -0.122. The Morgan fingerprint density at radius 3 is 2.76 bits per heavy atom. The molecule has 0 radical (unpaired) electrons. The van der Waals surface area contributed by atoms with Crippen molar-refractivity contribution >= 4 is 5.91 Å². The van der Waals surface area contributed by atoms with E-state index in [1.807, 2.05) is 13.8 Å². The first kappa shape index (κ1) is 14.5. The highest BCUT2D eigenvalue weighted by atomic mass is 16.5. The van der Waals surface area contributed by atoms with Crippen molar-refractivity contribution in [3.63, 3.8) is 0 Å². The molecule has 2 unspecified atom stereocenters. The van der Waals surface area contributed by atoms with Crippen LogP contribution in [0.25, 0.3) is 0 Å². The third-order valence-electron chi connectivity index (χ3n) is 3.40. The number of rotatable bonds is 5. The van der Waals surface area contributed by atoms with E-state index in [-0.39, 0.29) is 11.4 Å². The minimum Gasteiger partial charge on any atom is -0.378 e. The van der Waals surface area contributed by atoms with Gasteiger partial charge >= 0.3 is 0 Å². The van der Waals surface area contributed by atoms with Crippen molar-refractivity contribution in [2.45, 2.75) is 64.6 Å². The molecule has 4 nitrogen and oxygen atoms in total. The molecule has 0 aromatic rings. The lowest BCUT2D eigenvalue weighted by atomic mass is 10.0. The molecule has 1 aliphatic rings. The molecule has 1 saturated heterocycles. The predicted molar refractivity (Wildman–Crippen MR) is 69.0 cm³/mol. The molecule has 100 valence electrons. The third-order valence-corrected chi connectivity index (χ3v) is 3.40. The number of nitrogens with one attached hydrogen (secondary N) is 2. The maximum atomic E-state index is 11.7. The van der Waals surface area contributed by atoms with Crippen LogP contribution >= 0.6 is 0 Å². The third kappa shape index (κ3) is 5.50. The van der Waals surface area contributed by atoms with Crippen LogP contribution in [0.3, 0.4) is 0 Å². The maximum absolute atomic E-state index is 11.7. The monoisotopic (exact) mass is 242 g/mol. The van der Waals surface area contributed by atoms with Gasteiger partial charge in [-0.2, -0.15) is 0 Å². The van der Waals surface area contributed by atoms with Gasteiger partial charge in [0.05, 0.1) is 12.6 Å². The van der Waals surface area contributed by atoms with Crippen molar-refractivity contribution in [3.8, 4) is 0 Å². The Labute approximate surface area is 104 Å². The second-order valence-corrected chi connectivity index (χ2v) is 5.57. The molecule has 1 aliphatic heterocycles. The molecule has 2 N–H and O–H groups in total. The van der Waals surface area contributed by atoms with E-state index in [1.54, 1.807) is 0 Å². The zero-order chi connectivity index (χ0) is 12.9. The maximum Gasteiger partial charge on any atom is 0.234 e. The summed E-state index contributed by atoms with van der Waals surface area (Å²) in [5.41, 5.74) is -0.109. The van der Waals surface area contributed by atoms with Crippen molar-refractivity contribution in [1.82, 2.24) is 10.6 Å². The minimum absolute atomic E-state index is 0.0796. The Kier molecular flexibility index (Phi) is 5.40. The molecular formula is C13H26N2O2. The Morgan fingerprint density at radius 2 is 2.18 bits per heavy atom. The summed E-state index contributed by atoms with van der Waals surface area (Å²) in [4.78, 5) is 11.7. The summed E-state index contributed by atoms with van der Waals surface area (Å²) >= 11 is 0. The zero-order valence-electron chi connectivity index (χ0n) is 11.5. The van der Waals surface area contributed by atoms with Gasteiger partial charge in [-0.1, -0.05) is 6.92 Å². The van der Waals surface area contributed by atoms with Gasteiger partial charge < -0.3 is 15.4 Å². The highest BCUT2D eigenvalue weighted by molar-refractivity contribution is 5.78. The summed E-state index contributed by atoms with van der Waals surface area (Å²) < 4.78 is 5.47. The highest BCUT2D eigenvalue weighted by Gasteiger charge is 2.21. The van der Waals surface area contributed by atoms with Crippen LogP contribution in [0.2, 0.25) is 0 Å². The second kappa shape index (κ2) is 6.36. The van der Waals surface area contributed by atoms with Gasteiger partial charge in [-0.15, -0.1) is 0 Å². The van der Waals surface area contributed by atoms with Crippen molar-refractivity contribution in [2.75, 3.05) is 13.2 Å². The quantitative estimate of drug-likeness (QED) is 0.767. The molecule has 0 bridgehead atoms. The average Bonchev–Trinajstić information content (AvgIpc) is 2.26. The number of carbonyl (C=O) groups excluding carboxylic acids is 1. The lowest BCUT2D eigenvalue weighted by Crippen LogP contribution is -2.49. The molecule has 2 atom stereocenters. The summed E-state index contributed by atoms with van der Waals surface area (Å²) in [6, 6.07) is 0.411. The van der Waals surface area contributed by atoms with Gasteiger partial charge in [-0.3, -0.25) is 4.79 Å². The molecule has 0 spiro atoms. The van der Waals surface area contributed by atoms with Crippen molar-refractivity contribution < 1.29 is 9.53 Å². The van der Waals surface area contributed by atoms with Gasteiger partial charge in [0.2, 0.25) is 5.91 Å². The first-order valence-corrected chi connectivity index (χ1v) is 6.59. The van der Waals surface area contributed by atoms with Crippen LogP contribution in [0.5, 0.6) is 0 Å². The molecule has 0 saturated carbocycles. The van der Waals surface area contributed by atoms with E-state index in [9.17, 15) is 4.79 Å². The summed E-state index contributed by atoms with van der Waals surface area (Å²) in [6.07, 6.45) is 3.23. The van der Waals surface area contributed by atoms with E-state index in [4.69, 9.17) is 4.74 Å². The summed E-state index contributed by atoms with van der Waals surface area (Å²) in [5, 5.41) is 6.33. The largest absolute Gasteiger partial charge is 0.378 e. The van der Waals surface area contributed by atoms with Crippen molar-refractivity contribution in [3.05, 3.63) is 0 Å². The van der Waals surface area contributed by atoms with Crippen molar-refractivity contribution in [2.24, 2.45) is 0 Å². The normalized spacial score (nSPS) is 25.6. The van der Waals surface area contributed by atoms with E-state index in [1.165, 1.54) is 0 Å². The van der Waals surface area contributed by atoms with Crippen LogP contribution in [0.4, 0.5) is 0 Å². The Hall–Kier alpha value is -0.610. The number of hydrogen-bond donors (Lipinski definition) is 2. The van der Waals surface area contributed by atoms with Gasteiger partial charge in [0, 0.05) is 18.2 Å². The van der Waals surface area contributed by atoms with Crippen LogP contribution in [-0.4, -0.2) is 36.7 Å². The van der Waals surface area contributed by atoms with Gasteiger partial charge in [0.15, 0.2) is 0 Å². The predicted octanol–water partition coefficient (Wildman–Crippen LogP) is 1.45. The molecule has 1 amide bonds. The fourth-order valence-electron chi connectivity index (χ4n) is 1.93. The summed E-state index contributed by atoms with van der Waals surface area (Å²) in [5.74, 6) is 0.0796. The molecule has 0 aromatic heterocycles. The SMILES string of the molecule is CCC(C)(C)NC(=O)CNC1CCOC(C)C1. The van der Waals surface area contributed by atoms with Gasteiger partial charge in [-0.25, -0.2) is 0 Å². The molecule has 1 heterocycles. The second-order valence-electron chi connectivity index (χ2n) is 5.57. The molecule has 1 fully saturated rings. The van der Waals surface area contributed by atoms with Crippen LogP contribution in [0.15, 0.2) is 0 Å². The fourth-order valence-corrected chi connectivity index (χ4v) is 1.93. The lowest BCUT2D eigenvalue weighted by Gasteiger charge is -2.29. The van der Waals surface area contributed by atoms with E-state index in [2.05, 4.69) is 24.5 Å². The number of ether oxygens (including phenoxy) is 1. The Balaban J connectivity index is 2.23. The molecule has 0 aromatic carbocycles. The Bertz CT molecular complexity index is 254. The summed E-state index contributed by atoms with van der Waals surface area (Å²) in [6.45, 7) is 9.44. The smallest absolute Gasteiger partial charge is 0.234 e. The standard InChI is InChI=1S/C13H26N2O2/c1-5-13(3,4)15-12(16)9-14-11-6-7-17-10(2)8-11/h10-11,14H,5-9H2,1-4H3,(H,15,16). The minimum atomic E-state index is -0.109. The van der Waals surface area contributed by atoms with Crippen molar-refractivity contribution in [1.29, 1.82) is 0 Å². The Morgan fingerprint density at radius 1 is 1.47 bits per heavy atom.